The smallest absolute Gasteiger partial charge is 0.244 e. The number of amides is 2. The number of benzene rings is 2. The molecule has 0 aliphatic heterocycles. The number of carbonyl (C=O) groups is 2. The number of aryl methyl sites for hydroxylation is 1. The highest BCUT2D eigenvalue weighted by atomic mass is 32.2. The van der Waals surface area contributed by atoms with Crippen molar-refractivity contribution < 1.29 is 22.7 Å². The van der Waals surface area contributed by atoms with Gasteiger partial charge in [0.05, 0.1) is 18.6 Å². The SMILES string of the molecule is CCOc1ccc(N(CC(=O)N(Cc2ccccc2C)[C@@H](C)C(=O)NC(C)C)S(C)(=O)=O)cc1. The number of ether oxygens (including phenoxy) is 1. The van der Waals surface area contributed by atoms with Crippen molar-refractivity contribution in [2.75, 3.05) is 23.7 Å². The van der Waals surface area contributed by atoms with Crippen LogP contribution in [-0.4, -0.2) is 56.6 Å². The van der Waals surface area contributed by atoms with Crippen molar-refractivity contribution >= 4 is 27.5 Å². The number of nitrogens with one attached hydrogen (secondary N) is 1. The van der Waals surface area contributed by atoms with Crippen LogP contribution in [0, 0.1) is 6.92 Å². The molecule has 186 valence electrons. The minimum absolute atomic E-state index is 0.0956. The third kappa shape index (κ3) is 7.48. The Kier molecular flexibility index (Phi) is 9.49. The van der Waals surface area contributed by atoms with Gasteiger partial charge in [0.1, 0.15) is 18.3 Å². The maximum Gasteiger partial charge on any atom is 0.244 e. The Bertz CT molecular complexity index is 1080. The summed E-state index contributed by atoms with van der Waals surface area (Å²) in [6, 6.07) is 13.2. The number of carbonyl (C=O) groups excluding carboxylic acids is 2. The molecule has 0 unspecified atom stereocenters. The fourth-order valence-corrected chi connectivity index (χ4v) is 4.30. The highest BCUT2D eigenvalue weighted by Gasteiger charge is 2.30. The van der Waals surface area contributed by atoms with Gasteiger partial charge in [0.2, 0.25) is 21.8 Å². The van der Waals surface area contributed by atoms with Crippen molar-refractivity contribution in [3.8, 4) is 5.75 Å². The molecular formula is C25H35N3O5S. The van der Waals surface area contributed by atoms with Crippen molar-refractivity contribution in [2.45, 2.75) is 53.2 Å². The highest BCUT2D eigenvalue weighted by Crippen LogP contribution is 2.23. The third-order valence-electron chi connectivity index (χ3n) is 5.32. The lowest BCUT2D eigenvalue weighted by Gasteiger charge is -2.32. The van der Waals surface area contributed by atoms with E-state index in [0.717, 1.165) is 21.7 Å². The van der Waals surface area contributed by atoms with Crippen LogP contribution < -0.4 is 14.4 Å². The molecule has 1 atom stereocenters. The van der Waals surface area contributed by atoms with Crippen LogP contribution in [0.15, 0.2) is 48.5 Å². The fraction of sp³-hybridized carbons (Fsp3) is 0.440. The van der Waals surface area contributed by atoms with Crippen LogP contribution in [0.3, 0.4) is 0 Å². The number of anilines is 1. The van der Waals surface area contributed by atoms with Gasteiger partial charge < -0.3 is 15.0 Å². The zero-order chi connectivity index (χ0) is 25.5. The Morgan fingerprint density at radius 1 is 1.03 bits per heavy atom. The second kappa shape index (κ2) is 11.9. The van der Waals surface area contributed by atoms with Crippen LogP contribution >= 0.6 is 0 Å². The van der Waals surface area contributed by atoms with Crippen molar-refractivity contribution in [3.05, 3.63) is 59.7 Å². The maximum atomic E-state index is 13.5. The van der Waals surface area contributed by atoms with E-state index < -0.39 is 28.5 Å². The molecule has 2 aromatic carbocycles. The summed E-state index contributed by atoms with van der Waals surface area (Å²) in [7, 11) is -3.77. The lowest BCUT2D eigenvalue weighted by atomic mass is 10.1. The third-order valence-corrected chi connectivity index (χ3v) is 6.46. The van der Waals surface area contributed by atoms with Crippen LogP contribution in [-0.2, 0) is 26.2 Å². The largest absolute Gasteiger partial charge is 0.494 e. The summed E-state index contributed by atoms with van der Waals surface area (Å²) in [5.41, 5.74) is 2.20. The van der Waals surface area contributed by atoms with E-state index in [-0.39, 0.29) is 18.5 Å². The van der Waals surface area contributed by atoms with E-state index in [4.69, 9.17) is 4.74 Å². The molecule has 0 saturated carbocycles. The van der Waals surface area contributed by atoms with Gasteiger partial charge in [-0.2, -0.15) is 0 Å². The molecule has 2 amide bonds. The molecule has 0 bridgehead atoms. The van der Waals surface area contributed by atoms with E-state index in [0.29, 0.717) is 18.0 Å². The first-order valence-corrected chi connectivity index (χ1v) is 13.1. The van der Waals surface area contributed by atoms with Crippen LogP contribution in [0.4, 0.5) is 5.69 Å². The first-order chi connectivity index (χ1) is 15.9. The predicted molar refractivity (Wildman–Crippen MR) is 134 cm³/mol. The minimum Gasteiger partial charge on any atom is -0.494 e. The Morgan fingerprint density at radius 3 is 2.18 bits per heavy atom. The highest BCUT2D eigenvalue weighted by molar-refractivity contribution is 7.92. The molecule has 34 heavy (non-hydrogen) atoms. The van der Waals surface area contributed by atoms with Crippen LogP contribution in [0.2, 0.25) is 0 Å². The Morgan fingerprint density at radius 2 is 1.65 bits per heavy atom. The number of hydrogen-bond donors (Lipinski definition) is 1. The van der Waals surface area contributed by atoms with Gasteiger partial charge in [0.15, 0.2) is 0 Å². The molecule has 0 aliphatic carbocycles. The van der Waals surface area contributed by atoms with Gasteiger partial charge >= 0.3 is 0 Å². The number of sulfonamides is 1. The van der Waals surface area contributed by atoms with Gasteiger partial charge in [0.25, 0.3) is 0 Å². The number of hydrogen-bond acceptors (Lipinski definition) is 5. The molecule has 9 heteroatoms. The zero-order valence-corrected chi connectivity index (χ0v) is 21.6. The normalized spacial score (nSPS) is 12.2. The van der Waals surface area contributed by atoms with Gasteiger partial charge in [-0.25, -0.2) is 8.42 Å². The van der Waals surface area contributed by atoms with E-state index in [1.54, 1.807) is 31.2 Å². The molecule has 0 fully saturated rings. The van der Waals surface area contributed by atoms with Crippen molar-refractivity contribution in [2.24, 2.45) is 0 Å². The minimum atomic E-state index is -3.77. The fourth-order valence-electron chi connectivity index (χ4n) is 3.45. The molecule has 0 spiro atoms. The summed E-state index contributed by atoms with van der Waals surface area (Å²) in [6.45, 7) is 9.35. The zero-order valence-electron chi connectivity index (χ0n) is 20.7. The van der Waals surface area contributed by atoms with Crippen molar-refractivity contribution in [1.82, 2.24) is 10.2 Å². The predicted octanol–water partition coefficient (Wildman–Crippen LogP) is 3.10. The average molecular weight is 490 g/mol. The molecule has 2 aromatic rings. The average Bonchev–Trinajstić information content (AvgIpc) is 2.76. The topological polar surface area (TPSA) is 96.0 Å². The van der Waals surface area contributed by atoms with Gasteiger partial charge in [-0.3, -0.25) is 13.9 Å². The molecule has 0 saturated heterocycles. The second-order valence-electron chi connectivity index (χ2n) is 8.48. The summed E-state index contributed by atoms with van der Waals surface area (Å²) in [5, 5.41) is 2.83. The number of nitrogens with zero attached hydrogens (tertiary/aromatic N) is 2. The van der Waals surface area contributed by atoms with Gasteiger partial charge in [-0.05, 0) is 70.0 Å². The van der Waals surface area contributed by atoms with E-state index in [1.165, 1.54) is 4.90 Å². The van der Waals surface area contributed by atoms with Crippen LogP contribution in [0.25, 0.3) is 0 Å². The molecule has 2 rings (SSSR count). The number of rotatable bonds is 11. The van der Waals surface area contributed by atoms with Crippen LogP contribution in [0.5, 0.6) is 5.75 Å². The van der Waals surface area contributed by atoms with Crippen LogP contribution in [0.1, 0.15) is 38.8 Å². The summed E-state index contributed by atoms with van der Waals surface area (Å²) < 4.78 is 31.7. The molecule has 0 radical (unpaired) electrons. The van der Waals surface area contributed by atoms with Gasteiger partial charge in [0, 0.05) is 12.6 Å². The first-order valence-electron chi connectivity index (χ1n) is 11.3. The summed E-state index contributed by atoms with van der Waals surface area (Å²) in [6.07, 6.45) is 1.05. The Hall–Kier alpha value is -3.07. The standard InChI is InChI=1S/C25H35N3O5S/c1-7-33-23-14-12-22(13-15-23)28(34(6,31)32)17-24(29)27(20(5)25(30)26-18(2)3)16-21-11-9-8-10-19(21)4/h8-15,18,20H,7,16-17H2,1-6H3,(H,26,30)/t20-/m0/s1. The lowest BCUT2D eigenvalue weighted by molar-refractivity contribution is -0.139. The van der Waals surface area contributed by atoms with E-state index in [9.17, 15) is 18.0 Å². The summed E-state index contributed by atoms with van der Waals surface area (Å²) >= 11 is 0. The van der Waals surface area contributed by atoms with E-state index in [2.05, 4.69) is 5.32 Å². The lowest BCUT2D eigenvalue weighted by Crippen LogP contribution is -2.52. The Labute approximate surface area is 202 Å². The van der Waals surface area contributed by atoms with Gasteiger partial charge in [-0.1, -0.05) is 24.3 Å². The van der Waals surface area contributed by atoms with Crippen molar-refractivity contribution in [1.29, 1.82) is 0 Å². The molecule has 8 nitrogen and oxygen atoms in total. The molecule has 0 aromatic heterocycles. The summed E-state index contributed by atoms with van der Waals surface area (Å²) in [5.74, 6) is -0.177. The quantitative estimate of drug-likeness (QED) is 0.523. The Balaban J connectivity index is 2.38. The molecule has 0 aliphatic rings. The van der Waals surface area contributed by atoms with E-state index >= 15 is 0 Å². The summed E-state index contributed by atoms with van der Waals surface area (Å²) in [4.78, 5) is 27.7. The first kappa shape index (κ1) is 27.2. The molecular weight excluding hydrogens is 454 g/mol. The monoisotopic (exact) mass is 489 g/mol. The second-order valence-corrected chi connectivity index (χ2v) is 10.4. The van der Waals surface area contributed by atoms with E-state index in [1.807, 2.05) is 52.0 Å². The molecule has 1 N–H and O–H groups in total. The maximum absolute atomic E-state index is 13.5. The van der Waals surface area contributed by atoms with Gasteiger partial charge in [-0.15, -0.1) is 0 Å². The van der Waals surface area contributed by atoms with Crippen molar-refractivity contribution in [3.63, 3.8) is 0 Å². The molecule has 0 heterocycles.